The Kier molecular flexibility index (Phi) is 6.33. The zero-order valence-corrected chi connectivity index (χ0v) is 15.4. The molecule has 0 aliphatic heterocycles. The van der Waals surface area contributed by atoms with Gasteiger partial charge in [0.25, 0.3) is 0 Å². The molecule has 138 valence electrons. The molecule has 0 aliphatic rings. The zero-order valence-electron chi connectivity index (χ0n) is 15.4. The Labute approximate surface area is 153 Å². The third kappa shape index (κ3) is 5.31. The number of aryl methyl sites for hydroxylation is 1. The van der Waals surface area contributed by atoms with Gasteiger partial charge in [0.2, 0.25) is 11.8 Å². The fraction of sp³-hybridized carbons (Fsp3) is 0.300. The van der Waals surface area contributed by atoms with Crippen LogP contribution in [0.1, 0.15) is 26.3 Å². The van der Waals surface area contributed by atoms with Gasteiger partial charge in [-0.05, 0) is 55.8 Å². The van der Waals surface area contributed by atoms with Crippen LogP contribution in [-0.2, 0) is 9.59 Å². The Bertz CT molecular complexity index is 788. The first kappa shape index (κ1) is 19.4. The quantitative estimate of drug-likeness (QED) is 0.727. The number of anilines is 3. The molecular formula is C20H24FN3O2. The highest BCUT2D eigenvalue weighted by molar-refractivity contribution is 5.96. The van der Waals surface area contributed by atoms with E-state index in [0.29, 0.717) is 16.9 Å². The van der Waals surface area contributed by atoms with Gasteiger partial charge in [-0.2, -0.15) is 0 Å². The van der Waals surface area contributed by atoms with E-state index in [9.17, 15) is 14.0 Å². The van der Waals surface area contributed by atoms with E-state index in [2.05, 4.69) is 16.0 Å². The van der Waals surface area contributed by atoms with Crippen LogP contribution in [0.3, 0.4) is 0 Å². The van der Waals surface area contributed by atoms with Crippen LogP contribution in [0.25, 0.3) is 0 Å². The van der Waals surface area contributed by atoms with Gasteiger partial charge in [-0.1, -0.05) is 19.9 Å². The summed E-state index contributed by atoms with van der Waals surface area (Å²) >= 11 is 0. The van der Waals surface area contributed by atoms with Crippen LogP contribution in [0.15, 0.2) is 42.5 Å². The fourth-order valence-electron chi connectivity index (χ4n) is 2.17. The standard InChI is InChI=1S/C20H24FN3O2/c1-12(2)19(25)23-16-9-7-15(8-10-16)22-14(4)20(26)24-17-6-5-13(3)18(21)11-17/h5-12,14,22H,1-4H3,(H,23,25)(H,24,26). The molecule has 2 rings (SSSR count). The van der Waals surface area contributed by atoms with Crippen molar-refractivity contribution in [3.8, 4) is 0 Å². The number of rotatable bonds is 6. The van der Waals surface area contributed by atoms with Crippen molar-refractivity contribution in [2.45, 2.75) is 33.7 Å². The molecule has 0 radical (unpaired) electrons. The van der Waals surface area contributed by atoms with Crippen molar-refractivity contribution in [3.05, 3.63) is 53.8 Å². The zero-order chi connectivity index (χ0) is 19.3. The number of nitrogens with one attached hydrogen (secondary N) is 3. The molecule has 0 bridgehead atoms. The van der Waals surface area contributed by atoms with E-state index >= 15 is 0 Å². The molecule has 0 aromatic heterocycles. The first-order valence-corrected chi connectivity index (χ1v) is 8.50. The molecule has 0 fully saturated rings. The van der Waals surface area contributed by atoms with Crippen LogP contribution in [0.5, 0.6) is 0 Å². The Morgan fingerprint density at radius 3 is 1.96 bits per heavy atom. The molecule has 26 heavy (non-hydrogen) atoms. The number of amides is 2. The Morgan fingerprint density at radius 2 is 1.38 bits per heavy atom. The first-order valence-electron chi connectivity index (χ1n) is 8.50. The van der Waals surface area contributed by atoms with Crippen molar-refractivity contribution >= 4 is 28.9 Å². The van der Waals surface area contributed by atoms with Gasteiger partial charge in [-0.25, -0.2) is 4.39 Å². The highest BCUT2D eigenvalue weighted by Gasteiger charge is 2.14. The number of benzene rings is 2. The monoisotopic (exact) mass is 357 g/mol. The number of halogens is 1. The highest BCUT2D eigenvalue weighted by atomic mass is 19.1. The SMILES string of the molecule is Cc1ccc(NC(=O)C(C)Nc2ccc(NC(=O)C(C)C)cc2)cc1F. The Hall–Kier alpha value is -2.89. The summed E-state index contributed by atoms with van der Waals surface area (Å²) in [6, 6.07) is 11.2. The summed E-state index contributed by atoms with van der Waals surface area (Å²) in [6.45, 7) is 7.03. The van der Waals surface area contributed by atoms with Gasteiger partial charge < -0.3 is 16.0 Å². The smallest absolute Gasteiger partial charge is 0.246 e. The molecule has 0 spiro atoms. The van der Waals surface area contributed by atoms with Gasteiger partial charge >= 0.3 is 0 Å². The second-order valence-electron chi connectivity index (χ2n) is 6.54. The third-order valence-corrected chi connectivity index (χ3v) is 3.89. The van der Waals surface area contributed by atoms with Crippen molar-refractivity contribution in [2.75, 3.05) is 16.0 Å². The first-order chi connectivity index (χ1) is 12.3. The van der Waals surface area contributed by atoms with E-state index in [1.165, 1.54) is 6.07 Å². The van der Waals surface area contributed by atoms with Gasteiger partial charge in [0.05, 0.1) is 0 Å². The van der Waals surface area contributed by atoms with Gasteiger partial charge in [0.15, 0.2) is 0 Å². The molecule has 1 atom stereocenters. The summed E-state index contributed by atoms with van der Waals surface area (Å²) in [5.41, 5.74) is 2.38. The van der Waals surface area contributed by atoms with E-state index < -0.39 is 6.04 Å². The fourth-order valence-corrected chi connectivity index (χ4v) is 2.17. The van der Waals surface area contributed by atoms with Crippen molar-refractivity contribution < 1.29 is 14.0 Å². The largest absolute Gasteiger partial charge is 0.374 e. The Morgan fingerprint density at radius 1 is 0.846 bits per heavy atom. The number of carbonyl (C=O) groups is 2. The van der Waals surface area contributed by atoms with Crippen molar-refractivity contribution in [1.82, 2.24) is 0 Å². The second kappa shape index (κ2) is 8.47. The minimum atomic E-state index is -0.518. The molecule has 0 heterocycles. The van der Waals surface area contributed by atoms with Crippen LogP contribution >= 0.6 is 0 Å². The number of hydrogen-bond acceptors (Lipinski definition) is 3. The lowest BCUT2D eigenvalue weighted by Gasteiger charge is -2.16. The summed E-state index contributed by atoms with van der Waals surface area (Å²) in [7, 11) is 0. The lowest BCUT2D eigenvalue weighted by molar-refractivity contribution is -0.119. The highest BCUT2D eigenvalue weighted by Crippen LogP contribution is 2.17. The van der Waals surface area contributed by atoms with E-state index in [-0.39, 0.29) is 23.5 Å². The maximum absolute atomic E-state index is 13.6. The summed E-state index contributed by atoms with van der Waals surface area (Å²) in [6.07, 6.45) is 0. The maximum Gasteiger partial charge on any atom is 0.246 e. The van der Waals surface area contributed by atoms with Crippen LogP contribution in [0.4, 0.5) is 21.5 Å². The van der Waals surface area contributed by atoms with Crippen molar-refractivity contribution in [3.63, 3.8) is 0 Å². The molecule has 0 aliphatic carbocycles. The molecule has 0 saturated heterocycles. The van der Waals surface area contributed by atoms with Gasteiger partial charge in [0.1, 0.15) is 11.9 Å². The summed E-state index contributed by atoms with van der Waals surface area (Å²) < 4.78 is 13.6. The van der Waals surface area contributed by atoms with Crippen LogP contribution in [0, 0.1) is 18.7 Å². The molecule has 2 amide bonds. The Balaban J connectivity index is 1.93. The van der Waals surface area contributed by atoms with Crippen LogP contribution in [-0.4, -0.2) is 17.9 Å². The molecule has 5 nitrogen and oxygen atoms in total. The van der Waals surface area contributed by atoms with E-state index in [1.54, 1.807) is 50.2 Å². The van der Waals surface area contributed by atoms with E-state index in [4.69, 9.17) is 0 Å². The van der Waals surface area contributed by atoms with Gasteiger partial charge in [-0.3, -0.25) is 9.59 Å². The van der Waals surface area contributed by atoms with Crippen molar-refractivity contribution in [1.29, 1.82) is 0 Å². The normalized spacial score (nSPS) is 11.8. The van der Waals surface area contributed by atoms with Crippen LogP contribution in [0.2, 0.25) is 0 Å². The predicted octanol–water partition coefficient (Wildman–Crippen LogP) is 4.17. The molecule has 0 saturated carbocycles. The topological polar surface area (TPSA) is 70.2 Å². The maximum atomic E-state index is 13.6. The summed E-state index contributed by atoms with van der Waals surface area (Å²) in [5, 5.41) is 8.56. The van der Waals surface area contributed by atoms with Gasteiger partial charge in [-0.15, -0.1) is 0 Å². The van der Waals surface area contributed by atoms with E-state index in [1.807, 2.05) is 13.8 Å². The molecule has 1 unspecified atom stereocenters. The number of hydrogen-bond donors (Lipinski definition) is 3. The minimum Gasteiger partial charge on any atom is -0.374 e. The van der Waals surface area contributed by atoms with Crippen molar-refractivity contribution in [2.24, 2.45) is 5.92 Å². The lowest BCUT2D eigenvalue weighted by Crippen LogP contribution is -2.31. The minimum absolute atomic E-state index is 0.0521. The number of carbonyl (C=O) groups excluding carboxylic acids is 2. The molecular weight excluding hydrogens is 333 g/mol. The molecule has 2 aromatic rings. The average Bonchev–Trinajstić information content (AvgIpc) is 2.59. The summed E-state index contributed by atoms with van der Waals surface area (Å²) in [4.78, 5) is 23.9. The molecule has 6 heteroatoms. The third-order valence-electron chi connectivity index (χ3n) is 3.89. The van der Waals surface area contributed by atoms with Gasteiger partial charge in [0, 0.05) is 23.0 Å². The lowest BCUT2D eigenvalue weighted by atomic mass is 10.2. The van der Waals surface area contributed by atoms with E-state index in [0.717, 1.165) is 5.69 Å². The average molecular weight is 357 g/mol. The predicted molar refractivity (Wildman–Crippen MR) is 103 cm³/mol. The van der Waals surface area contributed by atoms with Crippen LogP contribution < -0.4 is 16.0 Å². The second-order valence-corrected chi connectivity index (χ2v) is 6.54. The molecule has 2 aromatic carbocycles. The summed E-state index contributed by atoms with van der Waals surface area (Å²) in [5.74, 6) is -0.778. The molecule has 3 N–H and O–H groups in total.